The molecule has 0 N–H and O–H groups in total. The Morgan fingerprint density at radius 2 is 1.76 bits per heavy atom. The number of fused-ring (bicyclic) bond motifs is 1. The van der Waals surface area contributed by atoms with Gasteiger partial charge in [0.2, 0.25) is 0 Å². The quantitative estimate of drug-likeness (QED) is 0.172. The summed E-state index contributed by atoms with van der Waals surface area (Å²) >= 11 is 12.2. The number of hydrogen-bond donors (Lipinski definition) is 0. The van der Waals surface area contributed by atoms with Crippen molar-refractivity contribution in [3.63, 3.8) is 0 Å². The van der Waals surface area contributed by atoms with E-state index in [1.807, 2.05) is 67.6 Å². The summed E-state index contributed by atoms with van der Waals surface area (Å²) in [5.74, 6) is 2.16. The van der Waals surface area contributed by atoms with Gasteiger partial charge in [0.25, 0.3) is 5.56 Å². The zero-order valence-electron chi connectivity index (χ0n) is 23.2. The zero-order valence-corrected chi connectivity index (χ0v) is 24.7. The van der Waals surface area contributed by atoms with Crippen molar-refractivity contribution in [3.05, 3.63) is 122 Å². The van der Waals surface area contributed by atoms with Crippen molar-refractivity contribution in [1.29, 1.82) is 0 Å². The number of aromatic nitrogens is 2. The fourth-order valence-electron chi connectivity index (χ4n) is 4.55. The highest BCUT2D eigenvalue weighted by Crippen LogP contribution is 2.34. The Morgan fingerprint density at radius 3 is 2.46 bits per heavy atom. The molecule has 5 rings (SSSR count). The van der Waals surface area contributed by atoms with Crippen LogP contribution in [0, 0.1) is 6.92 Å². The first-order chi connectivity index (χ1) is 19.7. The molecule has 0 saturated carbocycles. The van der Waals surface area contributed by atoms with Crippen LogP contribution in [0.1, 0.15) is 42.0 Å². The van der Waals surface area contributed by atoms with Gasteiger partial charge in [-0.05, 0) is 90.2 Å². The number of rotatable bonds is 8. The van der Waals surface area contributed by atoms with Crippen LogP contribution < -0.4 is 15.0 Å². The minimum absolute atomic E-state index is 0.213. The summed E-state index contributed by atoms with van der Waals surface area (Å²) in [7, 11) is 1.66. The molecule has 41 heavy (non-hydrogen) atoms. The van der Waals surface area contributed by atoms with Gasteiger partial charge in [-0.3, -0.25) is 4.79 Å². The smallest absolute Gasteiger partial charge is 0.282 e. The lowest BCUT2D eigenvalue weighted by molar-refractivity contribution is 0.306. The molecule has 0 aliphatic rings. The number of halogens is 2. The molecule has 0 bridgehead atoms. The van der Waals surface area contributed by atoms with Crippen molar-refractivity contribution in [2.75, 3.05) is 7.11 Å². The molecule has 0 amide bonds. The Bertz CT molecular complexity index is 1810. The number of hydrogen-bond acceptors (Lipinski definition) is 5. The lowest BCUT2D eigenvalue weighted by Gasteiger charge is -2.17. The third-order valence-electron chi connectivity index (χ3n) is 6.81. The first kappa shape index (κ1) is 28.4. The summed E-state index contributed by atoms with van der Waals surface area (Å²) in [6.45, 7) is 6.50. The van der Waals surface area contributed by atoms with E-state index in [4.69, 9.17) is 37.7 Å². The average molecular weight is 587 g/mol. The number of aryl methyl sites for hydroxylation is 1. The molecule has 8 heteroatoms. The van der Waals surface area contributed by atoms with Crippen LogP contribution in [0.5, 0.6) is 11.5 Å². The normalized spacial score (nSPS) is 11.5. The molecule has 0 aliphatic carbocycles. The second-order valence-corrected chi connectivity index (χ2v) is 10.8. The molecular formula is C33H29Cl2N3O3. The summed E-state index contributed by atoms with van der Waals surface area (Å²) in [5.41, 5.74) is 4.78. The molecule has 5 aromatic rings. The summed E-state index contributed by atoms with van der Waals surface area (Å²) in [6.07, 6.45) is 1.64. The number of nitrogens with zero attached hydrogens (tertiary/aromatic N) is 3. The van der Waals surface area contributed by atoms with Gasteiger partial charge in [0.05, 0.1) is 24.2 Å². The Hall–Kier alpha value is -4.13. The third-order valence-corrected chi connectivity index (χ3v) is 7.39. The molecule has 1 heterocycles. The maximum absolute atomic E-state index is 13.7. The maximum Gasteiger partial charge on any atom is 0.282 e. The van der Waals surface area contributed by atoms with Gasteiger partial charge in [-0.25, -0.2) is 4.98 Å². The van der Waals surface area contributed by atoms with Gasteiger partial charge in [-0.1, -0.05) is 55.2 Å². The second kappa shape index (κ2) is 12.2. The monoisotopic (exact) mass is 585 g/mol. The Morgan fingerprint density at radius 1 is 1.00 bits per heavy atom. The van der Waals surface area contributed by atoms with E-state index in [2.05, 4.69) is 18.9 Å². The van der Waals surface area contributed by atoms with Gasteiger partial charge in [0, 0.05) is 21.2 Å². The minimum Gasteiger partial charge on any atom is -0.496 e. The van der Waals surface area contributed by atoms with Crippen molar-refractivity contribution in [2.45, 2.75) is 33.3 Å². The topological polar surface area (TPSA) is 65.7 Å². The molecule has 0 fully saturated rings. The molecule has 0 atom stereocenters. The van der Waals surface area contributed by atoms with Crippen molar-refractivity contribution in [3.8, 4) is 22.9 Å². The van der Waals surface area contributed by atoms with Crippen molar-refractivity contribution >= 4 is 40.3 Å². The van der Waals surface area contributed by atoms with Gasteiger partial charge in [0.1, 0.15) is 18.1 Å². The first-order valence-electron chi connectivity index (χ1n) is 13.2. The van der Waals surface area contributed by atoms with E-state index in [9.17, 15) is 4.79 Å². The van der Waals surface area contributed by atoms with E-state index < -0.39 is 0 Å². The lowest BCUT2D eigenvalue weighted by Crippen LogP contribution is -2.20. The largest absolute Gasteiger partial charge is 0.496 e. The Balaban J connectivity index is 1.50. The van der Waals surface area contributed by atoms with Gasteiger partial charge in [-0.15, -0.1) is 0 Å². The van der Waals surface area contributed by atoms with Crippen LogP contribution in [0.15, 0.2) is 88.8 Å². The van der Waals surface area contributed by atoms with E-state index in [0.717, 1.165) is 33.6 Å². The first-order valence-corrected chi connectivity index (χ1v) is 13.9. The predicted octanol–water partition coefficient (Wildman–Crippen LogP) is 8.27. The van der Waals surface area contributed by atoms with Crippen LogP contribution in [0.4, 0.5) is 0 Å². The maximum atomic E-state index is 13.7. The van der Waals surface area contributed by atoms with Crippen LogP contribution in [-0.2, 0) is 6.61 Å². The minimum atomic E-state index is -0.247. The van der Waals surface area contributed by atoms with E-state index in [1.165, 1.54) is 4.68 Å². The summed E-state index contributed by atoms with van der Waals surface area (Å²) in [6, 6.07) is 24.1. The molecule has 6 nitrogen and oxygen atoms in total. The summed E-state index contributed by atoms with van der Waals surface area (Å²) in [4.78, 5) is 18.5. The van der Waals surface area contributed by atoms with Crippen molar-refractivity contribution < 1.29 is 9.47 Å². The molecule has 0 spiro atoms. The number of ether oxygens (including phenoxy) is 2. The highest BCUT2D eigenvalue weighted by molar-refractivity contribution is 6.35. The fraction of sp³-hybridized carbons (Fsp3) is 0.182. The van der Waals surface area contributed by atoms with Crippen molar-refractivity contribution in [1.82, 2.24) is 9.66 Å². The van der Waals surface area contributed by atoms with Gasteiger partial charge in [0.15, 0.2) is 5.82 Å². The molecule has 0 saturated heterocycles. The standard InChI is InChI=1S/C33H29Cl2N3O3/c1-20(2)27-17-28(21(3)15-31(27)40-4)32-37-30-8-6-5-7-26(30)33(39)38(32)36-18-22-9-13-25(14-10-22)41-19-23-11-12-24(34)16-29(23)35/h5-18,20H,19H2,1-4H3. The molecule has 0 unspecified atom stereocenters. The SMILES string of the molecule is COc1cc(C)c(-c2nc3ccccc3c(=O)n2N=Cc2ccc(OCc3ccc(Cl)cc3Cl)cc2)cc1C(C)C. The molecule has 0 radical (unpaired) electrons. The van der Waals surface area contributed by atoms with Crippen LogP contribution in [-0.4, -0.2) is 23.0 Å². The Labute approximate surface area is 248 Å². The van der Waals surface area contributed by atoms with Crippen LogP contribution in [0.2, 0.25) is 10.0 Å². The predicted molar refractivity (Wildman–Crippen MR) is 167 cm³/mol. The van der Waals surface area contributed by atoms with E-state index in [1.54, 1.807) is 31.5 Å². The number of benzene rings is 4. The third kappa shape index (κ3) is 6.14. The highest BCUT2D eigenvalue weighted by Gasteiger charge is 2.18. The Kier molecular flexibility index (Phi) is 8.43. The lowest BCUT2D eigenvalue weighted by atomic mass is 9.96. The number of methoxy groups -OCH3 is 1. The van der Waals surface area contributed by atoms with Crippen LogP contribution in [0.25, 0.3) is 22.3 Å². The number of para-hydroxylation sites is 1. The van der Waals surface area contributed by atoms with Gasteiger partial charge < -0.3 is 9.47 Å². The molecular weight excluding hydrogens is 557 g/mol. The fourth-order valence-corrected chi connectivity index (χ4v) is 5.01. The van der Waals surface area contributed by atoms with Gasteiger partial charge >= 0.3 is 0 Å². The summed E-state index contributed by atoms with van der Waals surface area (Å²) < 4.78 is 12.9. The van der Waals surface area contributed by atoms with Crippen LogP contribution in [0.3, 0.4) is 0 Å². The molecule has 1 aromatic heterocycles. The molecule has 208 valence electrons. The zero-order chi connectivity index (χ0) is 29.1. The van der Waals surface area contributed by atoms with E-state index in [-0.39, 0.29) is 11.5 Å². The van der Waals surface area contributed by atoms with Gasteiger partial charge in [-0.2, -0.15) is 9.78 Å². The van der Waals surface area contributed by atoms with Crippen molar-refractivity contribution in [2.24, 2.45) is 5.10 Å². The summed E-state index contributed by atoms with van der Waals surface area (Å²) in [5, 5.41) is 6.24. The molecule has 0 aliphatic heterocycles. The van der Waals surface area contributed by atoms with Crippen LogP contribution >= 0.6 is 23.2 Å². The second-order valence-electron chi connectivity index (χ2n) is 9.97. The molecule has 4 aromatic carbocycles. The van der Waals surface area contributed by atoms with E-state index >= 15 is 0 Å². The van der Waals surface area contributed by atoms with E-state index in [0.29, 0.717) is 39.1 Å². The average Bonchev–Trinajstić information content (AvgIpc) is 2.96. The highest BCUT2D eigenvalue weighted by atomic mass is 35.5.